The van der Waals surface area contributed by atoms with Crippen LogP contribution in [0.3, 0.4) is 0 Å². The SMILES string of the molecule is COC1CNC(=O)N(C2CCCC2)C(=O)C1. The standard InChI is InChI=1S/C11H18N2O3/c1-16-9-6-10(14)13(11(15)12-7-9)8-4-2-3-5-8/h8-9H,2-7H2,1H3,(H,12,15). The van der Waals surface area contributed by atoms with E-state index in [2.05, 4.69) is 5.32 Å². The Morgan fingerprint density at radius 2 is 2.00 bits per heavy atom. The zero-order valence-electron chi connectivity index (χ0n) is 9.57. The second kappa shape index (κ2) is 4.82. The quantitative estimate of drug-likeness (QED) is 0.760. The van der Waals surface area contributed by atoms with Crippen molar-refractivity contribution in [1.82, 2.24) is 10.2 Å². The second-order valence-corrected chi connectivity index (χ2v) is 4.45. The third-order valence-corrected chi connectivity index (χ3v) is 3.39. The van der Waals surface area contributed by atoms with Gasteiger partial charge in [0.1, 0.15) is 0 Å². The third kappa shape index (κ3) is 2.19. The van der Waals surface area contributed by atoms with Crippen LogP contribution in [-0.2, 0) is 9.53 Å². The molecule has 0 aromatic heterocycles. The van der Waals surface area contributed by atoms with Crippen molar-refractivity contribution in [2.24, 2.45) is 0 Å². The summed E-state index contributed by atoms with van der Waals surface area (Å²) in [6.45, 7) is 0.421. The summed E-state index contributed by atoms with van der Waals surface area (Å²) in [6, 6.07) is -0.153. The van der Waals surface area contributed by atoms with E-state index >= 15 is 0 Å². The van der Waals surface area contributed by atoms with Gasteiger partial charge in [0.15, 0.2) is 0 Å². The molecule has 1 aliphatic heterocycles. The smallest absolute Gasteiger partial charge is 0.324 e. The Morgan fingerprint density at radius 3 is 2.62 bits per heavy atom. The van der Waals surface area contributed by atoms with Crippen molar-refractivity contribution in [3.8, 4) is 0 Å². The maximum atomic E-state index is 12.0. The predicted molar refractivity (Wildman–Crippen MR) is 57.9 cm³/mol. The fraction of sp³-hybridized carbons (Fsp3) is 0.818. The van der Waals surface area contributed by atoms with E-state index < -0.39 is 0 Å². The number of nitrogens with one attached hydrogen (secondary N) is 1. The van der Waals surface area contributed by atoms with Gasteiger partial charge < -0.3 is 10.1 Å². The normalized spacial score (nSPS) is 28.1. The number of carbonyl (C=O) groups excluding carboxylic acids is 2. The van der Waals surface area contributed by atoms with Crippen LogP contribution in [0.5, 0.6) is 0 Å². The molecule has 1 atom stereocenters. The molecule has 90 valence electrons. The fourth-order valence-corrected chi connectivity index (χ4v) is 2.46. The maximum Gasteiger partial charge on any atom is 0.324 e. The molecule has 1 N–H and O–H groups in total. The first kappa shape index (κ1) is 11.4. The van der Waals surface area contributed by atoms with E-state index in [0.29, 0.717) is 13.0 Å². The lowest BCUT2D eigenvalue weighted by atomic mass is 10.2. The van der Waals surface area contributed by atoms with Crippen LogP contribution in [0.25, 0.3) is 0 Å². The summed E-state index contributed by atoms with van der Waals surface area (Å²) < 4.78 is 5.14. The largest absolute Gasteiger partial charge is 0.379 e. The molecule has 2 rings (SSSR count). The van der Waals surface area contributed by atoms with E-state index in [9.17, 15) is 9.59 Å². The molecule has 0 spiro atoms. The molecule has 2 fully saturated rings. The van der Waals surface area contributed by atoms with Gasteiger partial charge in [0, 0.05) is 19.7 Å². The van der Waals surface area contributed by atoms with Gasteiger partial charge in [-0.2, -0.15) is 0 Å². The van der Waals surface area contributed by atoms with Crippen LogP contribution in [0.1, 0.15) is 32.1 Å². The van der Waals surface area contributed by atoms with Gasteiger partial charge in [0.2, 0.25) is 5.91 Å². The number of urea groups is 1. The molecule has 0 bridgehead atoms. The third-order valence-electron chi connectivity index (χ3n) is 3.39. The topological polar surface area (TPSA) is 58.6 Å². The van der Waals surface area contributed by atoms with Crippen LogP contribution in [0.4, 0.5) is 4.79 Å². The molecule has 0 aromatic carbocycles. The molecule has 2 aliphatic rings. The average Bonchev–Trinajstić information content (AvgIpc) is 2.73. The lowest BCUT2D eigenvalue weighted by Gasteiger charge is -2.24. The van der Waals surface area contributed by atoms with Crippen LogP contribution < -0.4 is 5.32 Å². The molecule has 1 aliphatic carbocycles. The number of hydrogen-bond donors (Lipinski definition) is 1. The van der Waals surface area contributed by atoms with E-state index in [-0.39, 0.29) is 24.1 Å². The highest BCUT2D eigenvalue weighted by atomic mass is 16.5. The van der Waals surface area contributed by atoms with Gasteiger partial charge in [-0.1, -0.05) is 12.8 Å². The summed E-state index contributed by atoms with van der Waals surface area (Å²) in [6.07, 6.45) is 4.20. The number of hydrogen-bond acceptors (Lipinski definition) is 3. The first-order chi connectivity index (χ1) is 7.72. The lowest BCUT2D eigenvalue weighted by Crippen LogP contribution is -2.46. The van der Waals surface area contributed by atoms with E-state index in [1.807, 2.05) is 0 Å². The highest BCUT2D eigenvalue weighted by molar-refractivity contribution is 5.96. The van der Waals surface area contributed by atoms with Gasteiger partial charge in [0.05, 0.1) is 12.5 Å². The van der Waals surface area contributed by atoms with Gasteiger partial charge in [-0.25, -0.2) is 4.79 Å². The first-order valence-corrected chi connectivity index (χ1v) is 5.85. The van der Waals surface area contributed by atoms with E-state index in [1.54, 1.807) is 7.11 Å². The molecule has 16 heavy (non-hydrogen) atoms. The van der Waals surface area contributed by atoms with Crippen molar-refractivity contribution >= 4 is 11.9 Å². The lowest BCUT2D eigenvalue weighted by molar-refractivity contribution is -0.131. The van der Waals surface area contributed by atoms with Crippen LogP contribution in [0, 0.1) is 0 Å². The molecule has 3 amide bonds. The summed E-state index contributed by atoms with van der Waals surface area (Å²) in [7, 11) is 1.56. The van der Waals surface area contributed by atoms with Gasteiger partial charge >= 0.3 is 6.03 Å². The Morgan fingerprint density at radius 1 is 1.31 bits per heavy atom. The summed E-state index contributed by atoms with van der Waals surface area (Å²) in [4.78, 5) is 25.2. The first-order valence-electron chi connectivity index (χ1n) is 5.85. The molecule has 1 unspecified atom stereocenters. The number of rotatable bonds is 2. The monoisotopic (exact) mass is 226 g/mol. The Labute approximate surface area is 95.1 Å². The molecule has 5 heteroatoms. The van der Waals surface area contributed by atoms with Crippen LogP contribution in [-0.4, -0.2) is 42.6 Å². The van der Waals surface area contributed by atoms with Crippen LogP contribution in [0.2, 0.25) is 0 Å². The van der Waals surface area contributed by atoms with E-state index in [4.69, 9.17) is 4.74 Å². The van der Waals surface area contributed by atoms with Crippen molar-refractivity contribution in [3.05, 3.63) is 0 Å². The molecular weight excluding hydrogens is 208 g/mol. The predicted octanol–water partition coefficient (Wildman–Crippen LogP) is 0.886. The maximum absolute atomic E-state index is 12.0. The number of amides is 3. The zero-order valence-corrected chi connectivity index (χ0v) is 9.57. The Hall–Kier alpha value is -1.10. The molecule has 1 heterocycles. The minimum Gasteiger partial charge on any atom is -0.379 e. The molecule has 1 saturated carbocycles. The van der Waals surface area contributed by atoms with Gasteiger partial charge in [-0.15, -0.1) is 0 Å². The van der Waals surface area contributed by atoms with Crippen LogP contribution >= 0.6 is 0 Å². The minimum absolute atomic E-state index is 0.100. The summed E-state index contributed by atoms with van der Waals surface area (Å²) in [5.74, 6) is -0.103. The summed E-state index contributed by atoms with van der Waals surface area (Å²) in [5.41, 5.74) is 0. The van der Waals surface area contributed by atoms with Crippen molar-refractivity contribution in [3.63, 3.8) is 0 Å². The van der Waals surface area contributed by atoms with Crippen molar-refractivity contribution < 1.29 is 14.3 Å². The summed E-state index contributed by atoms with van der Waals surface area (Å²) >= 11 is 0. The molecular formula is C11H18N2O3. The second-order valence-electron chi connectivity index (χ2n) is 4.45. The molecule has 5 nitrogen and oxygen atoms in total. The fourth-order valence-electron chi connectivity index (χ4n) is 2.46. The van der Waals surface area contributed by atoms with Gasteiger partial charge in [-0.3, -0.25) is 9.69 Å². The number of carbonyl (C=O) groups is 2. The Bertz CT molecular complexity index is 287. The number of imide groups is 1. The van der Waals surface area contributed by atoms with Gasteiger partial charge in [0.25, 0.3) is 0 Å². The van der Waals surface area contributed by atoms with E-state index in [1.165, 1.54) is 4.90 Å². The number of methoxy groups -OCH3 is 1. The number of ether oxygens (including phenoxy) is 1. The van der Waals surface area contributed by atoms with Crippen LogP contribution in [0.15, 0.2) is 0 Å². The highest BCUT2D eigenvalue weighted by Crippen LogP contribution is 2.25. The minimum atomic E-state index is -0.253. The Balaban J connectivity index is 2.09. The molecule has 0 aromatic rings. The molecule has 0 radical (unpaired) electrons. The van der Waals surface area contributed by atoms with E-state index in [0.717, 1.165) is 25.7 Å². The molecule has 1 saturated heterocycles. The Kier molecular flexibility index (Phi) is 3.43. The summed E-state index contributed by atoms with van der Waals surface area (Å²) in [5, 5.41) is 2.74. The van der Waals surface area contributed by atoms with Gasteiger partial charge in [-0.05, 0) is 12.8 Å². The van der Waals surface area contributed by atoms with Crippen molar-refractivity contribution in [2.75, 3.05) is 13.7 Å². The number of nitrogens with zero attached hydrogens (tertiary/aromatic N) is 1. The average molecular weight is 226 g/mol. The highest BCUT2D eigenvalue weighted by Gasteiger charge is 2.35. The van der Waals surface area contributed by atoms with Crippen molar-refractivity contribution in [2.45, 2.75) is 44.2 Å². The zero-order chi connectivity index (χ0) is 11.5. The van der Waals surface area contributed by atoms with Crippen molar-refractivity contribution in [1.29, 1.82) is 0 Å².